The minimum atomic E-state index is -0.609. The molecular weight excluding hydrogens is 260 g/mol. The van der Waals surface area contributed by atoms with E-state index in [0.29, 0.717) is 5.71 Å². The van der Waals surface area contributed by atoms with Crippen LogP contribution in [0.15, 0.2) is 40.5 Å². The summed E-state index contributed by atoms with van der Waals surface area (Å²) in [7, 11) is 0. The van der Waals surface area contributed by atoms with Crippen LogP contribution in [0.2, 0.25) is 0 Å². The summed E-state index contributed by atoms with van der Waals surface area (Å²) in [6.45, 7) is 1.96. The number of amides is 4. The normalized spacial score (nSPS) is 14.8. The van der Waals surface area contributed by atoms with Crippen molar-refractivity contribution >= 4 is 24.0 Å². The molecule has 0 saturated carbocycles. The highest BCUT2D eigenvalue weighted by Gasteiger charge is 2.20. The third-order valence-electron chi connectivity index (χ3n) is 2.39. The van der Waals surface area contributed by atoms with Crippen molar-refractivity contribution in [2.75, 3.05) is 6.54 Å². The van der Waals surface area contributed by atoms with Gasteiger partial charge in [-0.15, -0.1) is 0 Å². The molecule has 2 rings (SSSR count). The van der Waals surface area contributed by atoms with Crippen LogP contribution in [0.25, 0.3) is 0 Å². The first-order valence-electron chi connectivity index (χ1n) is 5.90. The molecule has 0 aromatic heterocycles. The van der Waals surface area contributed by atoms with Crippen molar-refractivity contribution in [3.63, 3.8) is 0 Å². The lowest BCUT2D eigenvalue weighted by Crippen LogP contribution is -2.55. The lowest BCUT2D eigenvalue weighted by atomic mass is 10.2. The lowest BCUT2D eigenvalue weighted by molar-refractivity contribution is 0.173. The number of rotatable bonds is 3. The van der Waals surface area contributed by atoms with Gasteiger partial charge in [-0.2, -0.15) is 10.2 Å². The number of hydrazone groups is 2. The summed E-state index contributed by atoms with van der Waals surface area (Å²) >= 11 is 0. The smallest absolute Gasteiger partial charge is 0.245 e. The van der Waals surface area contributed by atoms with Gasteiger partial charge in [0.2, 0.25) is 0 Å². The predicted octanol–water partition coefficient (Wildman–Crippen LogP) is 0.636. The molecule has 0 fully saturated rings. The number of hydrogen-bond donors (Lipinski definition) is 3. The van der Waals surface area contributed by atoms with Gasteiger partial charge in [0.25, 0.3) is 0 Å². The molecule has 0 saturated heterocycles. The zero-order valence-electron chi connectivity index (χ0n) is 10.8. The molecule has 1 aromatic rings. The van der Waals surface area contributed by atoms with Gasteiger partial charge in [-0.25, -0.2) is 30.9 Å². The second-order valence-corrected chi connectivity index (χ2v) is 4.07. The molecule has 0 unspecified atom stereocenters. The molecule has 104 valence electrons. The van der Waals surface area contributed by atoms with E-state index in [1.807, 2.05) is 30.3 Å². The molecule has 0 aliphatic carbocycles. The van der Waals surface area contributed by atoms with Crippen LogP contribution in [0.3, 0.4) is 0 Å². The highest BCUT2D eigenvalue weighted by atomic mass is 16.2. The minimum absolute atomic E-state index is 0.224. The summed E-state index contributed by atoms with van der Waals surface area (Å²) < 4.78 is 0. The Morgan fingerprint density at radius 2 is 2.20 bits per heavy atom. The van der Waals surface area contributed by atoms with Crippen molar-refractivity contribution in [1.82, 2.24) is 21.3 Å². The molecule has 1 aliphatic rings. The van der Waals surface area contributed by atoms with Gasteiger partial charge in [-0.1, -0.05) is 30.3 Å². The Morgan fingerprint density at radius 3 is 2.95 bits per heavy atom. The predicted molar refractivity (Wildman–Crippen MR) is 74.1 cm³/mol. The molecule has 1 heterocycles. The Morgan fingerprint density at radius 1 is 1.45 bits per heavy atom. The summed E-state index contributed by atoms with van der Waals surface area (Å²) in [5.74, 6) is 0. The van der Waals surface area contributed by atoms with Gasteiger partial charge in [0.05, 0.1) is 18.5 Å². The Bertz CT molecular complexity index is 554. The van der Waals surface area contributed by atoms with Crippen molar-refractivity contribution in [1.29, 1.82) is 0 Å². The third-order valence-corrected chi connectivity index (χ3v) is 2.39. The fourth-order valence-electron chi connectivity index (χ4n) is 1.48. The van der Waals surface area contributed by atoms with Gasteiger partial charge in [-0.3, -0.25) is 0 Å². The van der Waals surface area contributed by atoms with Gasteiger partial charge in [0, 0.05) is 0 Å². The molecule has 0 spiro atoms. The standard InChI is InChI=1S/C12H14N6O2/c1-9-8-18(12(20)16-14-9)17-11(19)15-13-7-10-5-3-2-4-6-10/h2-7H,8H2,1H3,(H,16,20)(H2,15,17,19)/b13-7+. The number of carbonyl (C=O) groups excluding carboxylic acids is 2. The first kappa shape index (κ1) is 13.5. The summed E-state index contributed by atoms with van der Waals surface area (Å²) in [6.07, 6.45) is 1.50. The number of hydrazine groups is 1. The molecule has 1 aliphatic heterocycles. The summed E-state index contributed by atoms with van der Waals surface area (Å²) in [5, 5.41) is 8.63. The van der Waals surface area contributed by atoms with E-state index < -0.39 is 12.1 Å². The SMILES string of the molecule is CC1=NNC(=O)N(NC(=O)N/N=C/c2ccccc2)C1. The van der Waals surface area contributed by atoms with Crippen molar-refractivity contribution in [3.05, 3.63) is 35.9 Å². The summed E-state index contributed by atoms with van der Waals surface area (Å²) in [6, 6.07) is 8.20. The van der Waals surface area contributed by atoms with E-state index >= 15 is 0 Å². The van der Waals surface area contributed by atoms with Crippen molar-refractivity contribution < 1.29 is 9.59 Å². The number of hydrogen-bond acceptors (Lipinski definition) is 4. The van der Waals surface area contributed by atoms with Gasteiger partial charge in [0.1, 0.15) is 0 Å². The number of carbonyl (C=O) groups is 2. The van der Waals surface area contributed by atoms with Gasteiger partial charge >= 0.3 is 12.1 Å². The number of benzene rings is 1. The molecule has 0 radical (unpaired) electrons. The maximum Gasteiger partial charge on any atom is 0.356 e. The van der Waals surface area contributed by atoms with Crippen molar-refractivity contribution in [2.24, 2.45) is 10.2 Å². The van der Waals surface area contributed by atoms with Gasteiger partial charge in [0.15, 0.2) is 0 Å². The average molecular weight is 274 g/mol. The quantitative estimate of drug-likeness (QED) is 0.556. The van der Waals surface area contributed by atoms with Crippen LogP contribution in [0.1, 0.15) is 12.5 Å². The monoisotopic (exact) mass is 274 g/mol. The first-order valence-corrected chi connectivity index (χ1v) is 5.90. The molecule has 0 bridgehead atoms. The topological polar surface area (TPSA) is 98.2 Å². The molecule has 20 heavy (non-hydrogen) atoms. The van der Waals surface area contributed by atoms with E-state index in [9.17, 15) is 9.59 Å². The zero-order valence-corrected chi connectivity index (χ0v) is 10.8. The molecule has 3 N–H and O–H groups in total. The van der Waals surface area contributed by atoms with E-state index in [1.54, 1.807) is 6.92 Å². The molecule has 4 amide bonds. The Labute approximate surface area is 115 Å². The van der Waals surface area contributed by atoms with Crippen LogP contribution < -0.4 is 16.3 Å². The fraction of sp³-hybridized carbons (Fsp3) is 0.167. The largest absolute Gasteiger partial charge is 0.356 e. The Hall–Kier alpha value is -2.90. The fourth-order valence-corrected chi connectivity index (χ4v) is 1.48. The van der Waals surface area contributed by atoms with Crippen LogP contribution in [0, 0.1) is 0 Å². The third kappa shape index (κ3) is 3.80. The Balaban J connectivity index is 1.82. The highest BCUT2D eigenvalue weighted by Crippen LogP contribution is 1.94. The summed E-state index contributed by atoms with van der Waals surface area (Å²) in [5.41, 5.74) is 8.43. The second kappa shape index (κ2) is 6.32. The lowest BCUT2D eigenvalue weighted by Gasteiger charge is -2.25. The van der Waals surface area contributed by atoms with E-state index in [4.69, 9.17) is 0 Å². The molecule has 1 aromatic carbocycles. The van der Waals surface area contributed by atoms with Crippen LogP contribution in [0.4, 0.5) is 9.59 Å². The van der Waals surface area contributed by atoms with Crippen LogP contribution >= 0.6 is 0 Å². The molecular formula is C12H14N6O2. The number of urea groups is 2. The van der Waals surface area contributed by atoms with Crippen LogP contribution in [-0.2, 0) is 0 Å². The number of nitrogens with zero attached hydrogens (tertiary/aromatic N) is 3. The molecule has 0 atom stereocenters. The van der Waals surface area contributed by atoms with E-state index in [1.165, 1.54) is 6.21 Å². The second-order valence-electron chi connectivity index (χ2n) is 4.07. The maximum absolute atomic E-state index is 11.6. The minimum Gasteiger partial charge on any atom is -0.245 e. The van der Waals surface area contributed by atoms with Gasteiger partial charge < -0.3 is 0 Å². The molecule has 8 heteroatoms. The van der Waals surface area contributed by atoms with Crippen molar-refractivity contribution in [2.45, 2.75) is 6.92 Å². The van der Waals surface area contributed by atoms with Crippen molar-refractivity contribution in [3.8, 4) is 0 Å². The molecule has 8 nitrogen and oxygen atoms in total. The van der Waals surface area contributed by atoms with E-state index in [0.717, 1.165) is 10.6 Å². The highest BCUT2D eigenvalue weighted by molar-refractivity contribution is 5.92. The van der Waals surface area contributed by atoms with Crippen LogP contribution in [-0.4, -0.2) is 35.5 Å². The Kier molecular flexibility index (Phi) is 4.28. The van der Waals surface area contributed by atoms with E-state index in [-0.39, 0.29) is 6.54 Å². The van der Waals surface area contributed by atoms with Crippen LogP contribution in [0.5, 0.6) is 0 Å². The zero-order chi connectivity index (χ0) is 14.4. The maximum atomic E-state index is 11.6. The van der Waals surface area contributed by atoms with E-state index in [2.05, 4.69) is 26.5 Å². The first-order chi connectivity index (χ1) is 9.65. The number of nitrogens with one attached hydrogen (secondary N) is 3. The summed E-state index contributed by atoms with van der Waals surface area (Å²) in [4.78, 5) is 23.0. The average Bonchev–Trinajstić information content (AvgIpc) is 2.44. The van der Waals surface area contributed by atoms with Gasteiger partial charge in [-0.05, 0) is 12.5 Å².